The number of hydrogen-bond acceptors (Lipinski definition) is 6. The van der Waals surface area contributed by atoms with Crippen molar-refractivity contribution in [1.82, 2.24) is 14.8 Å². The maximum absolute atomic E-state index is 12.3. The van der Waals surface area contributed by atoms with E-state index < -0.39 is 4.92 Å². The Morgan fingerprint density at radius 2 is 2.04 bits per heavy atom. The lowest BCUT2D eigenvalue weighted by Crippen LogP contribution is -2.15. The van der Waals surface area contributed by atoms with Gasteiger partial charge in [0.15, 0.2) is 11.0 Å². The minimum atomic E-state index is -0.500. The lowest BCUT2D eigenvalue weighted by Gasteiger charge is -2.08. The van der Waals surface area contributed by atoms with Crippen LogP contribution in [0.2, 0.25) is 5.02 Å². The summed E-state index contributed by atoms with van der Waals surface area (Å²) >= 11 is 7.42. The van der Waals surface area contributed by atoms with Crippen LogP contribution in [0.4, 0.5) is 11.4 Å². The number of benzene rings is 2. The molecule has 3 rings (SSSR count). The summed E-state index contributed by atoms with van der Waals surface area (Å²) in [5, 5.41) is 23.0. The van der Waals surface area contributed by atoms with Gasteiger partial charge in [0.25, 0.3) is 5.69 Å². The maximum Gasteiger partial charge on any atom is 0.271 e. The molecule has 1 amide bonds. The van der Waals surface area contributed by atoms with E-state index in [0.717, 1.165) is 11.1 Å². The fraction of sp³-hybridized carbons (Fsp3) is 0.167. The molecular weight excluding hydrogens is 402 g/mol. The van der Waals surface area contributed by atoms with Crippen molar-refractivity contribution in [2.24, 2.45) is 7.05 Å². The molecule has 0 fully saturated rings. The number of nitrogens with one attached hydrogen (secondary N) is 1. The van der Waals surface area contributed by atoms with Gasteiger partial charge < -0.3 is 9.88 Å². The quantitative estimate of drug-likeness (QED) is 0.368. The predicted molar refractivity (Wildman–Crippen MR) is 109 cm³/mol. The first kappa shape index (κ1) is 19.8. The zero-order valence-electron chi connectivity index (χ0n) is 15.0. The minimum absolute atomic E-state index is 0.0776. The standard InChI is InChI=1S/C18H16ClN5O3S/c1-11-7-8-12(24(26)27)9-15(11)20-16(25)10-28-18-22-21-17(23(18)2)13-5-3-4-6-14(13)19/h3-9H,10H2,1-2H3,(H,20,25). The fourth-order valence-corrected chi connectivity index (χ4v) is 3.42. The van der Waals surface area contributed by atoms with Gasteiger partial charge in [-0.1, -0.05) is 41.6 Å². The number of halogens is 1. The summed E-state index contributed by atoms with van der Waals surface area (Å²) in [6.07, 6.45) is 0. The van der Waals surface area contributed by atoms with Gasteiger partial charge in [-0.15, -0.1) is 10.2 Å². The summed E-state index contributed by atoms with van der Waals surface area (Å²) in [5.41, 5.74) is 1.83. The fourth-order valence-electron chi connectivity index (χ4n) is 2.49. The highest BCUT2D eigenvalue weighted by Gasteiger charge is 2.16. The monoisotopic (exact) mass is 417 g/mol. The Kier molecular flexibility index (Phi) is 5.96. The number of anilines is 1. The van der Waals surface area contributed by atoms with Crippen molar-refractivity contribution in [2.75, 3.05) is 11.1 Å². The number of aromatic nitrogens is 3. The highest BCUT2D eigenvalue weighted by atomic mass is 35.5. The van der Waals surface area contributed by atoms with E-state index >= 15 is 0 Å². The Morgan fingerprint density at radius 1 is 1.29 bits per heavy atom. The van der Waals surface area contributed by atoms with E-state index in [1.807, 2.05) is 18.2 Å². The summed E-state index contributed by atoms with van der Waals surface area (Å²) in [7, 11) is 1.80. The number of nitro groups is 1. The van der Waals surface area contributed by atoms with Crippen LogP contribution >= 0.6 is 23.4 Å². The number of amides is 1. The van der Waals surface area contributed by atoms with E-state index in [1.54, 1.807) is 30.7 Å². The van der Waals surface area contributed by atoms with Crippen molar-refractivity contribution < 1.29 is 9.72 Å². The first-order valence-corrected chi connectivity index (χ1v) is 9.55. The van der Waals surface area contributed by atoms with Gasteiger partial charge in [0, 0.05) is 24.7 Å². The van der Waals surface area contributed by atoms with Crippen LogP contribution in [0.15, 0.2) is 47.6 Å². The maximum atomic E-state index is 12.3. The van der Waals surface area contributed by atoms with Crippen LogP contribution in [0.3, 0.4) is 0 Å². The molecule has 3 aromatic rings. The minimum Gasteiger partial charge on any atom is -0.325 e. The molecule has 0 bridgehead atoms. The molecule has 0 aliphatic heterocycles. The second kappa shape index (κ2) is 8.41. The Hall–Kier alpha value is -2.91. The molecule has 0 spiro atoms. The van der Waals surface area contributed by atoms with E-state index in [-0.39, 0.29) is 17.3 Å². The van der Waals surface area contributed by atoms with Crippen molar-refractivity contribution >= 4 is 40.6 Å². The highest BCUT2D eigenvalue weighted by molar-refractivity contribution is 7.99. The first-order valence-electron chi connectivity index (χ1n) is 8.19. The van der Waals surface area contributed by atoms with Crippen molar-refractivity contribution in [3.05, 3.63) is 63.2 Å². The molecule has 1 heterocycles. The SMILES string of the molecule is Cc1ccc([N+](=O)[O-])cc1NC(=O)CSc1nnc(-c2ccccc2Cl)n1C. The van der Waals surface area contributed by atoms with Crippen molar-refractivity contribution in [2.45, 2.75) is 12.1 Å². The molecule has 2 aromatic carbocycles. The molecule has 28 heavy (non-hydrogen) atoms. The third-order valence-electron chi connectivity index (χ3n) is 3.99. The Balaban J connectivity index is 1.68. The van der Waals surface area contributed by atoms with Crippen molar-refractivity contribution in [1.29, 1.82) is 0 Å². The van der Waals surface area contributed by atoms with Gasteiger partial charge in [-0.2, -0.15) is 0 Å². The number of carbonyl (C=O) groups excluding carboxylic acids is 1. The summed E-state index contributed by atoms with van der Waals surface area (Å²) in [4.78, 5) is 22.7. The molecular formula is C18H16ClN5O3S. The van der Waals surface area contributed by atoms with Gasteiger partial charge in [-0.05, 0) is 24.6 Å². The largest absolute Gasteiger partial charge is 0.325 e. The third kappa shape index (κ3) is 4.32. The van der Waals surface area contributed by atoms with Crippen LogP contribution < -0.4 is 5.32 Å². The number of carbonyl (C=O) groups is 1. The Morgan fingerprint density at radius 3 is 2.75 bits per heavy atom. The lowest BCUT2D eigenvalue weighted by atomic mass is 10.2. The molecule has 1 N–H and O–H groups in total. The van der Waals surface area contributed by atoms with Crippen LogP contribution in [0, 0.1) is 17.0 Å². The molecule has 0 atom stereocenters. The molecule has 0 unspecified atom stereocenters. The third-order valence-corrected chi connectivity index (χ3v) is 5.34. The molecule has 0 radical (unpaired) electrons. The summed E-state index contributed by atoms with van der Waals surface area (Å²) in [5.74, 6) is 0.385. The molecule has 0 aliphatic rings. The second-order valence-corrected chi connectivity index (χ2v) is 7.29. The predicted octanol–water partition coefficient (Wildman–Crippen LogP) is 4.08. The molecule has 0 aliphatic carbocycles. The van der Waals surface area contributed by atoms with E-state index in [0.29, 0.717) is 21.7 Å². The van der Waals surface area contributed by atoms with Gasteiger partial charge in [-0.25, -0.2) is 0 Å². The molecule has 8 nitrogen and oxygen atoms in total. The molecule has 144 valence electrons. The van der Waals surface area contributed by atoms with E-state index in [1.165, 1.54) is 23.9 Å². The Labute approximate surface area is 170 Å². The average molecular weight is 418 g/mol. The zero-order chi connectivity index (χ0) is 20.3. The number of nitrogens with zero attached hydrogens (tertiary/aromatic N) is 4. The van der Waals surface area contributed by atoms with Crippen molar-refractivity contribution in [3.63, 3.8) is 0 Å². The molecule has 10 heteroatoms. The van der Waals surface area contributed by atoms with Crippen molar-refractivity contribution in [3.8, 4) is 11.4 Å². The topological polar surface area (TPSA) is 103 Å². The normalized spacial score (nSPS) is 10.7. The number of hydrogen-bond donors (Lipinski definition) is 1. The number of non-ortho nitro benzene ring substituents is 1. The number of thioether (sulfide) groups is 1. The van der Waals surface area contributed by atoms with Gasteiger partial charge in [0.2, 0.25) is 5.91 Å². The average Bonchev–Trinajstić information content (AvgIpc) is 3.02. The van der Waals surface area contributed by atoms with Crippen LogP contribution in [-0.2, 0) is 11.8 Å². The van der Waals surface area contributed by atoms with E-state index in [2.05, 4.69) is 15.5 Å². The van der Waals surface area contributed by atoms with Gasteiger partial charge in [-0.3, -0.25) is 14.9 Å². The van der Waals surface area contributed by atoms with Gasteiger partial charge >= 0.3 is 0 Å². The first-order chi connectivity index (χ1) is 13.4. The van der Waals surface area contributed by atoms with E-state index in [9.17, 15) is 14.9 Å². The summed E-state index contributed by atoms with van der Waals surface area (Å²) < 4.78 is 1.76. The van der Waals surface area contributed by atoms with Crippen LogP contribution in [0.1, 0.15) is 5.56 Å². The number of nitro benzene ring substituents is 1. The number of rotatable bonds is 6. The summed E-state index contributed by atoms with van der Waals surface area (Å²) in [6, 6.07) is 11.6. The number of aryl methyl sites for hydroxylation is 1. The second-order valence-electron chi connectivity index (χ2n) is 5.94. The van der Waals surface area contributed by atoms with Crippen LogP contribution in [0.5, 0.6) is 0 Å². The van der Waals surface area contributed by atoms with Gasteiger partial charge in [0.1, 0.15) is 0 Å². The zero-order valence-corrected chi connectivity index (χ0v) is 16.6. The molecule has 0 saturated heterocycles. The van der Waals surface area contributed by atoms with E-state index in [4.69, 9.17) is 11.6 Å². The lowest BCUT2D eigenvalue weighted by molar-refractivity contribution is -0.384. The molecule has 1 aromatic heterocycles. The smallest absolute Gasteiger partial charge is 0.271 e. The van der Waals surface area contributed by atoms with Gasteiger partial charge in [0.05, 0.1) is 21.4 Å². The molecule has 0 saturated carbocycles. The Bertz CT molecular complexity index is 1050. The summed E-state index contributed by atoms with van der Waals surface area (Å²) in [6.45, 7) is 1.77. The highest BCUT2D eigenvalue weighted by Crippen LogP contribution is 2.28. The van der Waals surface area contributed by atoms with Crippen LogP contribution in [0.25, 0.3) is 11.4 Å². The van der Waals surface area contributed by atoms with Crippen LogP contribution in [-0.4, -0.2) is 31.3 Å².